The van der Waals surface area contributed by atoms with Crippen LogP contribution in [0.5, 0.6) is 0 Å². The number of rotatable bonds is 5. The first-order chi connectivity index (χ1) is 8.54. The standard InChI is InChI=1S/C12H14FNO4/c1-17-11(15)3-2-6-18-12(16)9-7-8(13)4-5-10(9)14/h4-5,7H,2-3,6,14H2,1H3. The zero-order valence-corrected chi connectivity index (χ0v) is 9.94. The van der Waals surface area contributed by atoms with Gasteiger partial charge in [0, 0.05) is 12.1 Å². The van der Waals surface area contributed by atoms with Crippen molar-refractivity contribution in [3.05, 3.63) is 29.6 Å². The number of halogens is 1. The lowest BCUT2D eigenvalue weighted by Crippen LogP contribution is -2.11. The van der Waals surface area contributed by atoms with Crippen LogP contribution in [-0.4, -0.2) is 25.7 Å². The molecule has 0 unspecified atom stereocenters. The van der Waals surface area contributed by atoms with Crippen LogP contribution in [0.3, 0.4) is 0 Å². The van der Waals surface area contributed by atoms with Gasteiger partial charge < -0.3 is 15.2 Å². The molecule has 2 N–H and O–H groups in total. The van der Waals surface area contributed by atoms with Gasteiger partial charge in [0.25, 0.3) is 0 Å². The Hall–Kier alpha value is -2.11. The predicted octanol–water partition coefficient (Wildman–Crippen LogP) is 1.52. The van der Waals surface area contributed by atoms with Gasteiger partial charge >= 0.3 is 11.9 Å². The lowest BCUT2D eigenvalue weighted by Gasteiger charge is -2.06. The van der Waals surface area contributed by atoms with Crippen LogP contribution in [0.15, 0.2) is 18.2 Å². The number of hydrogen-bond donors (Lipinski definition) is 1. The summed E-state index contributed by atoms with van der Waals surface area (Å²) in [6.07, 6.45) is 0.496. The van der Waals surface area contributed by atoms with Gasteiger partial charge in [0.2, 0.25) is 0 Å². The fourth-order valence-electron chi connectivity index (χ4n) is 1.27. The Labute approximate surface area is 104 Å². The molecule has 0 aliphatic rings. The van der Waals surface area contributed by atoms with Crippen molar-refractivity contribution in [1.29, 1.82) is 0 Å². The zero-order chi connectivity index (χ0) is 13.5. The molecule has 0 spiro atoms. The molecule has 6 heteroatoms. The van der Waals surface area contributed by atoms with Crippen LogP contribution >= 0.6 is 0 Å². The van der Waals surface area contributed by atoms with Crippen LogP contribution in [0.2, 0.25) is 0 Å². The van der Waals surface area contributed by atoms with Crippen LogP contribution in [-0.2, 0) is 14.3 Å². The molecule has 0 aromatic heterocycles. The number of carbonyl (C=O) groups excluding carboxylic acids is 2. The molecule has 0 fully saturated rings. The molecule has 1 aromatic rings. The van der Waals surface area contributed by atoms with E-state index in [2.05, 4.69) is 4.74 Å². The first-order valence-electron chi connectivity index (χ1n) is 5.33. The Morgan fingerprint density at radius 3 is 2.78 bits per heavy atom. The minimum absolute atomic E-state index is 0.0203. The highest BCUT2D eigenvalue weighted by Gasteiger charge is 2.12. The average molecular weight is 255 g/mol. The number of esters is 2. The summed E-state index contributed by atoms with van der Waals surface area (Å²) in [6, 6.07) is 3.46. The summed E-state index contributed by atoms with van der Waals surface area (Å²) < 4.78 is 22.2. The monoisotopic (exact) mass is 255 g/mol. The van der Waals surface area contributed by atoms with Gasteiger partial charge in [-0.05, 0) is 24.6 Å². The maximum atomic E-state index is 12.9. The summed E-state index contributed by atoms with van der Waals surface area (Å²) in [5.41, 5.74) is 5.65. The molecule has 1 aromatic carbocycles. The molecule has 0 radical (unpaired) electrons. The SMILES string of the molecule is COC(=O)CCCOC(=O)c1cc(F)ccc1N. The van der Waals surface area contributed by atoms with Crippen molar-refractivity contribution in [2.75, 3.05) is 19.5 Å². The highest BCUT2D eigenvalue weighted by atomic mass is 19.1. The number of carbonyl (C=O) groups is 2. The van der Waals surface area contributed by atoms with Crippen molar-refractivity contribution in [3.63, 3.8) is 0 Å². The molecule has 0 heterocycles. The molecule has 0 saturated heterocycles. The second-order valence-corrected chi connectivity index (χ2v) is 3.55. The molecule has 0 saturated carbocycles. The van der Waals surface area contributed by atoms with Gasteiger partial charge in [0.1, 0.15) is 5.82 Å². The van der Waals surface area contributed by atoms with Gasteiger partial charge in [-0.3, -0.25) is 4.79 Å². The fourth-order valence-corrected chi connectivity index (χ4v) is 1.27. The van der Waals surface area contributed by atoms with Crippen molar-refractivity contribution < 1.29 is 23.5 Å². The maximum Gasteiger partial charge on any atom is 0.340 e. The summed E-state index contributed by atoms with van der Waals surface area (Å²) in [5.74, 6) is -1.65. The molecule has 18 heavy (non-hydrogen) atoms. The molecule has 0 bridgehead atoms. The number of nitrogen functional groups attached to an aromatic ring is 1. The fraction of sp³-hybridized carbons (Fsp3) is 0.333. The van der Waals surface area contributed by atoms with Gasteiger partial charge in [0.05, 0.1) is 19.3 Å². The van der Waals surface area contributed by atoms with Crippen LogP contribution in [0, 0.1) is 5.82 Å². The molecule has 1 rings (SSSR count). The van der Waals surface area contributed by atoms with Crippen LogP contribution in [0.4, 0.5) is 10.1 Å². The Kier molecular flexibility index (Phi) is 5.10. The Morgan fingerprint density at radius 1 is 1.39 bits per heavy atom. The van der Waals surface area contributed by atoms with Gasteiger partial charge in [-0.25, -0.2) is 9.18 Å². The molecule has 0 aliphatic carbocycles. The first kappa shape index (κ1) is 14.0. The Balaban J connectivity index is 2.46. The average Bonchev–Trinajstić information content (AvgIpc) is 2.36. The molecule has 0 atom stereocenters. The maximum absolute atomic E-state index is 12.9. The number of benzene rings is 1. The summed E-state index contributed by atoms with van der Waals surface area (Å²) >= 11 is 0. The third-order valence-electron chi connectivity index (χ3n) is 2.22. The van der Waals surface area contributed by atoms with Crippen molar-refractivity contribution >= 4 is 17.6 Å². The number of nitrogens with two attached hydrogens (primary N) is 1. The predicted molar refractivity (Wildman–Crippen MR) is 62.3 cm³/mol. The molecular weight excluding hydrogens is 241 g/mol. The van der Waals surface area contributed by atoms with E-state index in [0.717, 1.165) is 12.1 Å². The lowest BCUT2D eigenvalue weighted by atomic mass is 10.2. The second-order valence-electron chi connectivity index (χ2n) is 3.55. The van der Waals surface area contributed by atoms with E-state index in [4.69, 9.17) is 10.5 Å². The third kappa shape index (κ3) is 4.04. The van der Waals surface area contributed by atoms with E-state index in [9.17, 15) is 14.0 Å². The normalized spacial score (nSPS) is 9.89. The molecule has 0 amide bonds. The highest BCUT2D eigenvalue weighted by Crippen LogP contribution is 2.14. The summed E-state index contributed by atoms with van der Waals surface area (Å²) in [4.78, 5) is 22.3. The topological polar surface area (TPSA) is 78.6 Å². The number of hydrogen-bond acceptors (Lipinski definition) is 5. The van der Waals surface area contributed by atoms with Crippen molar-refractivity contribution in [1.82, 2.24) is 0 Å². The van der Waals surface area contributed by atoms with Gasteiger partial charge in [-0.15, -0.1) is 0 Å². The van der Waals surface area contributed by atoms with E-state index in [1.165, 1.54) is 13.2 Å². The van der Waals surface area contributed by atoms with Gasteiger partial charge in [-0.2, -0.15) is 0 Å². The number of anilines is 1. The van der Waals surface area contributed by atoms with Gasteiger partial charge in [0.15, 0.2) is 0 Å². The van der Waals surface area contributed by atoms with E-state index in [1.54, 1.807) is 0 Å². The van der Waals surface area contributed by atoms with Crippen molar-refractivity contribution in [2.45, 2.75) is 12.8 Å². The summed E-state index contributed by atoms with van der Waals surface area (Å²) in [7, 11) is 1.28. The van der Waals surface area contributed by atoms with Crippen molar-refractivity contribution in [2.24, 2.45) is 0 Å². The van der Waals surface area contributed by atoms with E-state index in [-0.39, 0.29) is 30.2 Å². The smallest absolute Gasteiger partial charge is 0.340 e. The Morgan fingerprint density at radius 2 is 2.11 bits per heavy atom. The first-order valence-corrected chi connectivity index (χ1v) is 5.33. The summed E-state index contributed by atoms with van der Waals surface area (Å²) in [5, 5.41) is 0. The third-order valence-corrected chi connectivity index (χ3v) is 2.22. The van der Waals surface area contributed by atoms with E-state index >= 15 is 0 Å². The number of ether oxygens (including phenoxy) is 2. The lowest BCUT2D eigenvalue weighted by molar-refractivity contribution is -0.140. The van der Waals surface area contributed by atoms with E-state index < -0.39 is 11.8 Å². The van der Waals surface area contributed by atoms with Crippen molar-refractivity contribution in [3.8, 4) is 0 Å². The molecular formula is C12H14FNO4. The Bertz CT molecular complexity index is 448. The minimum atomic E-state index is -0.711. The molecule has 98 valence electrons. The quantitative estimate of drug-likeness (QED) is 0.490. The molecule has 0 aliphatic heterocycles. The summed E-state index contributed by atoms with van der Waals surface area (Å²) in [6.45, 7) is 0.0455. The minimum Gasteiger partial charge on any atom is -0.469 e. The largest absolute Gasteiger partial charge is 0.469 e. The van der Waals surface area contributed by atoms with E-state index in [1.807, 2.05) is 0 Å². The molecule has 5 nitrogen and oxygen atoms in total. The second kappa shape index (κ2) is 6.58. The number of methoxy groups -OCH3 is 1. The van der Waals surface area contributed by atoms with E-state index in [0.29, 0.717) is 6.42 Å². The van der Waals surface area contributed by atoms with Crippen LogP contribution in [0.1, 0.15) is 23.2 Å². The van der Waals surface area contributed by atoms with Crippen LogP contribution < -0.4 is 5.73 Å². The van der Waals surface area contributed by atoms with Gasteiger partial charge in [-0.1, -0.05) is 0 Å². The highest BCUT2D eigenvalue weighted by molar-refractivity contribution is 5.95. The zero-order valence-electron chi connectivity index (χ0n) is 9.94. The van der Waals surface area contributed by atoms with Crippen LogP contribution in [0.25, 0.3) is 0 Å².